The van der Waals surface area contributed by atoms with E-state index in [1.54, 1.807) is 0 Å². The lowest BCUT2D eigenvalue weighted by Crippen LogP contribution is -2.25. The molecule has 0 aromatic rings. The highest BCUT2D eigenvalue weighted by molar-refractivity contribution is 4.84. The average Bonchev–Trinajstić information content (AvgIpc) is 2.50. The standard InChI is InChI=1S/C10H19N/c11-7-8-4-5-9-2-1-3-10(9)6-8/h8-10H,1-7,11H2/t8?,9?,10-/m0/s1. The van der Waals surface area contributed by atoms with E-state index in [1.165, 1.54) is 38.5 Å². The summed E-state index contributed by atoms with van der Waals surface area (Å²) in [5, 5.41) is 0. The number of hydrogen-bond donors (Lipinski definition) is 1. The van der Waals surface area contributed by atoms with Gasteiger partial charge in [-0.1, -0.05) is 19.3 Å². The molecular weight excluding hydrogens is 134 g/mol. The third kappa shape index (κ3) is 1.44. The van der Waals surface area contributed by atoms with Gasteiger partial charge in [-0.05, 0) is 43.6 Å². The summed E-state index contributed by atoms with van der Waals surface area (Å²) < 4.78 is 0. The van der Waals surface area contributed by atoms with Crippen LogP contribution in [-0.2, 0) is 0 Å². The summed E-state index contributed by atoms with van der Waals surface area (Å²) in [5.41, 5.74) is 5.69. The van der Waals surface area contributed by atoms with E-state index < -0.39 is 0 Å². The second-order valence-corrected chi connectivity index (χ2v) is 4.37. The van der Waals surface area contributed by atoms with E-state index in [9.17, 15) is 0 Å². The topological polar surface area (TPSA) is 26.0 Å². The minimum absolute atomic E-state index is 0.870. The summed E-state index contributed by atoms with van der Waals surface area (Å²) in [6.07, 6.45) is 8.85. The average molecular weight is 153 g/mol. The van der Waals surface area contributed by atoms with E-state index in [0.29, 0.717) is 0 Å². The van der Waals surface area contributed by atoms with Crippen molar-refractivity contribution in [3.8, 4) is 0 Å². The zero-order valence-corrected chi connectivity index (χ0v) is 7.26. The quantitative estimate of drug-likeness (QED) is 0.614. The summed E-state index contributed by atoms with van der Waals surface area (Å²) in [7, 11) is 0. The summed E-state index contributed by atoms with van der Waals surface area (Å²) >= 11 is 0. The van der Waals surface area contributed by atoms with Crippen LogP contribution in [-0.4, -0.2) is 6.54 Å². The maximum absolute atomic E-state index is 5.69. The van der Waals surface area contributed by atoms with E-state index in [1.807, 2.05) is 0 Å². The molecular formula is C10H19N. The van der Waals surface area contributed by atoms with Gasteiger partial charge in [0.2, 0.25) is 0 Å². The first kappa shape index (κ1) is 7.60. The normalized spacial score (nSPS) is 43.9. The van der Waals surface area contributed by atoms with Gasteiger partial charge < -0.3 is 5.73 Å². The molecule has 2 aliphatic carbocycles. The lowest BCUT2D eigenvalue weighted by molar-refractivity contribution is 0.213. The van der Waals surface area contributed by atoms with Gasteiger partial charge in [-0.3, -0.25) is 0 Å². The Morgan fingerprint density at radius 3 is 2.64 bits per heavy atom. The first-order chi connectivity index (χ1) is 5.40. The van der Waals surface area contributed by atoms with Gasteiger partial charge in [0.15, 0.2) is 0 Å². The van der Waals surface area contributed by atoms with Gasteiger partial charge in [-0.25, -0.2) is 0 Å². The first-order valence-electron chi connectivity index (χ1n) is 5.10. The summed E-state index contributed by atoms with van der Waals surface area (Å²) in [6.45, 7) is 0.934. The third-order valence-electron chi connectivity index (χ3n) is 3.73. The van der Waals surface area contributed by atoms with Crippen LogP contribution in [0.25, 0.3) is 0 Å². The van der Waals surface area contributed by atoms with Gasteiger partial charge in [-0.15, -0.1) is 0 Å². The number of fused-ring (bicyclic) bond motifs is 1. The molecule has 3 atom stereocenters. The van der Waals surface area contributed by atoms with Gasteiger partial charge in [0, 0.05) is 0 Å². The van der Waals surface area contributed by atoms with Crippen molar-refractivity contribution in [2.45, 2.75) is 38.5 Å². The Balaban J connectivity index is 1.91. The molecule has 2 N–H and O–H groups in total. The van der Waals surface area contributed by atoms with Crippen molar-refractivity contribution in [1.82, 2.24) is 0 Å². The monoisotopic (exact) mass is 153 g/mol. The van der Waals surface area contributed by atoms with Crippen LogP contribution >= 0.6 is 0 Å². The Morgan fingerprint density at radius 1 is 1.00 bits per heavy atom. The fourth-order valence-electron chi connectivity index (χ4n) is 3.01. The molecule has 0 aliphatic heterocycles. The maximum atomic E-state index is 5.69. The summed E-state index contributed by atoms with van der Waals surface area (Å²) in [5.74, 6) is 3.03. The van der Waals surface area contributed by atoms with Crippen LogP contribution in [0.2, 0.25) is 0 Å². The Kier molecular flexibility index (Phi) is 2.17. The molecule has 11 heavy (non-hydrogen) atoms. The van der Waals surface area contributed by atoms with Crippen LogP contribution in [0.5, 0.6) is 0 Å². The fourth-order valence-corrected chi connectivity index (χ4v) is 3.01. The molecule has 2 fully saturated rings. The molecule has 2 aliphatic rings. The van der Waals surface area contributed by atoms with Gasteiger partial charge in [0.05, 0.1) is 0 Å². The molecule has 0 aromatic carbocycles. The highest BCUT2D eigenvalue weighted by Gasteiger charge is 2.32. The largest absolute Gasteiger partial charge is 0.330 e. The molecule has 2 unspecified atom stereocenters. The summed E-state index contributed by atoms with van der Waals surface area (Å²) in [4.78, 5) is 0. The third-order valence-corrected chi connectivity index (χ3v) is 3.73. The Morgan fingerprint density at radius 2 is 1.82 bits per heavy atom. The molecule has 1 heteroatoms. The molecule has 64 valence electrons. The van der Waals surface area contributed by atoms with Crippen molar-refractivity contribution in [3.63, 3.8) is 0 Å². The molecule has 1 nitrogen and oxygen atoms in total. The fraction of sp³-hybridized carbons (Fsp3) is 1.00. The minimum atomic E-state index is 0.870. The molecule has 2 rings (SSSR count). The Bertz CT molecular complexity index is 133. The van der Waals surface area contributed by atoms with Crippen molar-refractivity contribution in [2.24, 2.45) is 23.5 Å². The maximum Gasteiger partial charge on any atom is -0.00488 e. The van der Waals surface area contributed by atoms with E-state index in [2.05, 4.69) is 0 Å². The Labute approximate surface area is 69.4 Å². The van der Waals surface area contributed by atoms with Crippen LogP contribution in [0.15, 0.2) is 0 Å². The van der Waals surface area contributed by atoms with Gasteiger partial charge in [0.25, 0.3) is 0 Å². The number of rotatable bonds is 1. The van der Waals surface area contributed by atoms with Crippen molar-refractivity contribution in [3.05, 3.63) is 0 Å². The molecule has 0 spiro atoms. The lowest BCUT2D eigenvalue weighted by atomic mass is 9.76. The van der Waals surface area contributed by atoms with E-state index in [0.717, 1.165) is 24.3 Å². The lowest BCUT2D eigenvalue weighted by Gasteiger charge is -2.30. The van der Waals surface area contributed by atoms with Gasteiger partial charge >= 0.3 is 0 Å². The van der Waals surface area contributed by atoms with Crippen LogP contribution < -0.4 is 5.73 Å². The predicted octanol–water partition coefficient (Wildman–Crippen LogP) is 2.16. The van der Waals surface area contributed by atoms with Crippen molar-refractivity contribution >= 4 is 0 Å². The number of nitrogens with two attached hydrogens (primary N) is 1. The molecule has 0 amide bonds. The highest BCUT2D eigenvalue weighted by Crippen LogP contribution is 2.43. The second kappa shape index (κ2) is 3.14. The zero-order chi connectivity index (χ0) is 7.68. The van der Waals surface area contributed by atoms with Crippen molar-refractivity contribution in [2.75, 3.05) is 6.54 Å². The first-order valence-corrected chi connectivity index (χ1v) is 5.10. The minimum Gasteiger partial charge on any atom is -0.330 e. The molecule has 0 aromatic heterocycles. The van der Waals surface area contributed by atoms with Gasteiger partial charge in [0.1, 0.15) is 0 Å². The van der Waals surface area contributed by atoms with Crippen LogP contribution in [0, 0.1) is 17.8 Å². The SMILES string of the molecule is NCC1CCC2CCC[C@H]2C1. The van der Waals surface area contributed by atoms with E-state index in [4.69, 9.17) is 5.73 Å². The Hall–Kier alpha value is -0.0400. The van der Waals surface area contributed by atoms with Crippen LogP contribution in [0.3, 0.4) is 0 Å². The molecule has 0 saturated heterocycles. The molecule has 0 bridgehead atoms. The molecule has 2 saturated carbocycles. The smallest absolute Gasteiger partial charge is 0.00488 e. The van der Waals surface area contributed by atoms with E-state index in [-0.39, 0.29) is 0 Å². The number of hydrogen-bond acceptors (Lipinski definition) is 1. The van der Waals surface area contributed by atoms with Crippen LogP contribution in [0.4, 0.5) is 0 Å². The molecule has 0 heterocycles. The predicted molar refractivity (Wildman–Crippen MR) is 47.2 cm³/mol. The van der Waals surface area contributed by atoms with Gasteiger partial charge in [-0.2, -0.15) is 0 Å². The van der Waals surface area contributed by atoms with E-state index >= 15 is 0 Å². The summed E-state index contributed by atoms with van der Waals surface area (Å²) in [6, 6.07) is 0. The van der Waals surface area contributed by atoms with Crippen molar-refractivity contribution in [1.29, 1.82) is 0 Å². The molecule has 0 radical (unpaired) electrons. The second-order valence-electron chi connectivity index (χ2n) is 4.37. The van der Waals surface area contributed by atoms with Crippen molar-refractivity contribution < 1.29 is 0 Å². The van der Waals surface area contributed by atoms with Crippen LogP contribution in [0.1, 0.15) is 38.5 Å². The highest BCUT2D eigenvalue weighted by atomic mass is 14.6. The zero-order valence-electron chi connectivity index (χ0n) is 7.26.